The van der Waals surface area contributed by atoms with Crippen LogP contribution < -0.4 is 16.0 Å². The van der Waals surface area contributed by atoms with Crippen molar-refractivity contribution >= 4 is 57.8 Å². The average Bonchev–Trinajstić information content (AvgIpc) is 3.43. The van der Waals surface area contributed by atoms with Crippen molar-refractivity contribution in [2.45, 2.75) is 19.6 Å². The van der Waals surface area contributed by atoms with E-state index in [2.05, 4.69) is 36.1 Å². The number of urea groups is 1. The zero-order valence-electron chi connectivity index (χ0n) is 19.0. The van der Waals surface area contributed by atoms with Crippen molar-refractivity contribution in [2.75, 3.05) is 29.7 Å². The lowest BCUT2D eigenvalue weighted by Gasteiger charge is -2.17. The zero-order valence-corrected chi connectivity index (χ0v) is 20.5. The largest absolute Gasteiger partial charge is 0.375 e. The van der Waals surface area contributed by atoms with Crippen LogP contribution >= 0.6 is 23.2 Å². The summed E-state index contributed by atoms with van der Waals surface area (Å²) in [6.07, 6.45) is 5.16. The minimum atomic E-state index is -0.616. The third-order valence-corrected chi connectivity index (χ3v) is 5.47. The van der Waals surface area contributed by atoms with Gasteiger partial charge in [-0.05, 0) is 13.0 Å². The van der Waals surface area contributed by atoms with Crippen molar-refractivity contribution in [1.29, 1.82) is 0 Å². The molecular weight excluding hydrogens is 516 g/mol. The Labute approximate surface area is 213 Å². The molecule has 188 valence electrons. The molecule has 0 unspecified atom stereocenters. The number of anilines is 3. The van der Waals surface area contributed by atoms with Crippen LogP contribution in [0.5, 0.6) is 0 Å². The molecule has 4 aromatic rings. The molecule has 36 heavy (non-hydrogen) atoms. The van der Waals surface area contributed by atoms with Crippen molar-refractivity contribution < 1.29 is 18.7 Å². The molecule has 0 aliphatic carbocycles. The Morgan fingerprint density at radius 2 is 1.92 bits per heavy atom. The first kappa shape index (κ1) is 25.3. The molecular formula is C21H20Cl2FN9O3. The van der Waals surface area contributed by atoms with Crippen LogP contribution in [0.3, 0.4) is 0 Å². The number of nitrogens with zero attached hydrogens (tertiary/aromatic N) is 6. The fourth-order valence-corrected chi connectivity index (χ4v) is 3.73. The molecule has 4 aromatic heterocycles. The molecule has 0 radical (unpaired) electrons. The van der Waals surface area contributed by atoms with Crippen LogP contribution in [0.25, 0.3) is 5.65 Å². The highest BCUT2D eigenvalue weighted by atomic mass is 35.5. The molecule has 0 saturated heterocycles. The molecule has 4 heterocycles. The summed E-state index contributed by atoms with van der Waals surface area (Å²) in [5.41, 5.74) is 1.90. The summed E-state index contributed by atoms with van der Waals surface area (Å²) in [5, 5.41) is 16.2. The normalized spacial score (nSPS) is 11.9. The minimum Gasteiger partial charge on any atom is -0.375 e. The smallest absolute Gasteiger partial charge is 0.323 e. The van der Waals surface area contributed by atoms with E-state index < -0.39 is 24.7 Å². The Morgan fingerprint density at radius 3 is 2.64 bits per heavy atom. The molecule has 0 aromatic carbocycles. The highest BCUT2D eigenvalue weighted by Gasteiger charge is 2.20. The maximum Gasteiger partial charge on any atom is 0.323 e. The van der Waals surface area contributed by atoms with Crippen molar-refractivity contribution in [3.8, 4) is 0 Å². The zero-order chi connectivity index (χ0) is 25.8. The van der Waals surface area contributed by atoms with E-state index in [0.29, 0.717) is 22.7 Å². The minimum absolute atomic E-state index is 0.00409. The molecule has 0 fully saturated rings. The maximum atomic E-state index is 12.7. The molecule has 3 N–H and O–H groups in total. The molecule has 3 amide bonds. The fraction of sp³-hybridized carbons (Fsp3) is 0.238. The number of aromatic nitrogens is 6. The number of amides is 3. The number of hydrogen-bond acceptors (Lipinski definition) is 7. The van der Waals surface area contributed by atoms with Gasteiger partial charge < -0.3 is 20.7 Å². The standard InChI is InChI=1S/C21H20Cl2FN9O3/c1-11(36-2)19-15(9-25-17-6-16(23)31-33(17)19)30-21(35)29-12-5-14(22)18(26-7-12)20(34)28-13-8-27-32(10-13)4-3-24/h5-11H,3-4H2,1-2H3,(H,28,34)(H2,29,30,35)/t11-/m0/s1. The average molecular weight is 536 g/mol. The molecule has 0 saturated carbocycles. The molecule has 12 nitrogen and oxygen atoms in total. The molecule has 0 bridgehead atoms. The van der Waals surface area contributed by atoms with Crippen molar-refractivity contribution in [2.24, 2.45) is 0 Å². The maximum absolute atomic E-state index is 12.7. The predicted molar refractivity (Wildman–Crippen MR) is 131 cm³/mol. The summed E-state index contributed by atoms with van der Waals surface area (Å²) < 4.78 is 20.7. The van der Waals surface area contributed by atoms with Gasteiger partial charge in [-0.25, -0.2) is 23.7 Å². The van der Waals surface area contributed by atoms with Gasteiger partial charge in [0.25, 0.3) is 5.91 Å². The first-order valence-corrected chi connectivity index (χ1v) is 11.2. The van der Waals surface area contributed by atoms with Gasteiger partial charge in [-0.1, -0.05) is 23.2 Å². The third kappa shape index (κ3) is 5.53. The van der Waals surface area contributed by atoms with Gasteiger partial charge >= 0.3 is 6.03 Å². The molecule has 0 spiro atoms. The van der Waals surface area contributed by atoms with Crippen LogP contribution in [-0.4, -0.2) is 55.1 Å². The first-order valence-electron chi connectivity index (χ1n) is 10.5. The quantitative estimate of drug-likeness (QED) is 0.307. The summed E-state index contributed by atoms with van der Waals surface area (Å²) in [6, 6.07) is 2.34. The Bertz CT molecular complexity index is 1430. The number of hydrogen-bond donors (Lipinski definition) is 3. The first-order chi connectivity index (χ1) is 17.3. The van der Waals surface area contributed by atoms with Crippen LogP contribution in [0.2, 0.25) is 10.2 Å². The SMILES string of the molecule is CO[C@@H](C)c1c(NC(=O)Nc2cnc(C(=O)Nc3cnn(CCF)c3)c(Cl)c2)cnc2cc(Cl)nn12. The second-order valence-electron chi connectivity index (χ2n) is 7.44. The van der Waals surface area contributed by atoms with Crippen LogP contribution in [0, 0.1) is 0 Å². The van der Waals surface area contributed by atoms with Gasteiger partial charge in [0, 0.05) is 19.4 Å². The van der Waals surface area contributed by atoms with Crippen LogP contribution in [0.15, 0.2) is 36.9 Å². The number of nitrogens with one attached hydrogen (secondary N) is 3. The van der Waals surface area contributed by atoms with Gasteiger partial charge in [0.2, 0.25) is 0 Å². The Kier molecular flexibility index (Phi) is 7.62. The van der Waals surface area contributed by atoms with Crippen molar-refractivity contribution in [3.05, 3.63) is 58.5 Å². The Morgan fingerprint density at radius 1 is 1.11 bits per heavy atom. The van der Waals surface area contributed by atoms with Gasteiger partial charge in [-0.15, -0.1) is 0 Å². The lowest BCUT2D eigenvalue weighted by Crippen LogP contribution is -2.22. The summed E-state index contributed by atoms with van der Waals surface area (Å²) >= 11 is 12.2. The number of carbonyl (C=O) groups is 2. The second-order valence-corrected chi connectivity index (χ2v) is 8.24. The van der Waals surface area contributed by atoms with E-state index in [4.69, 9.17) is 27.9 Å². The summed E-state index contributed by atoms with van der Waals surface area (Å²) in [6.45, 7) is 1.27. The monoisotopic (exact) mass is 535 g/mol. The van der Waals surface area contributed by atoms with Crippen LogP contribution in [0.1, 0.15) is 29.2 Å². The molecule has 15 heteroatoms. The summed E-state index contributed by atoms with van der Waals surface area (Å²) in [5.74, 6) is -0.591. The topological polar surface area (TPSA) is 140 Å². The molecule has 0 aliphatic heterocycles. The Balaban J connectivity index is 1.46. The van der Waals surface area contributed by atoms with Crippen LogP contribution in [0.4, 0.5) is 26.2 Å². The van der Waals surface area contributed by atoms with Gasteiger partial charge in [0.1, 0.15) is 12.4 Å². The van der Waals surface area contributed by atoms with Gasteiger partial charge in [0.05, 0.1) is 59.0 Å². The third-order valence-electron chi connectivity index (χ3n) is 5.00. The van der Waals surface area contributed by atoms with Crippen molar-refractivity contribution in [3.63, 3.8) is 0 Å². The highest BCUT2D eigenvalue weighted by Crippen LogP contribution is 2.27. The van der Waals surface area contributed by atoms with E-state index in [-0.39, 0.29) is 28.1 Å². The second kappa shape index (κ2) is 10.8. The van der Waals surface area contributed by atoms with Gasteiger partial charge in [0.15, 0.2) is 10.8 Å². The van der Waals surface area contributed by atoms with E-state index in [0.717, 1.165) is 0 Å². The predicted octanol–water partition coefficient (Wildman–Crippen LogP) is 4.20. The van der Waals surface area contributed by atoms with E-state index >= 15 is 0 Å². The lowest BCUT2D eigenvalue weighted by atomic mass is 10.2. The number of methoxy groups -OCH3 is 1. The number of rotatable bonds is 8. The van der Waals surface area contributed by atoms with E-state index in [9.17, 15) is 14.0 Å². The summed E-state index contributed by atoms with van der Waals surface area (Å²) in [7, 11) is 1.52. The number of aryl methyl sites for hydroxylation is 1. The molecule has 4 rings (SSSR count). The number of pyridine rings is 1. The van der Waals surface area contributed by atoms with Crippen LogP contribution in [-0.2, 0) is 11.3 Å². The molecule has 0 aliphatic rings. The van der Waals surface area contributed by atoms with E-state index in [1.807, 2.05) is 0 Å². The molecule has 1 atom stereocenters. The highest BCUT2D eigenvalue weighted by molar-refractivity contribution is 6.34. The number of ether oxygens (including phenoxy) is 1. The van der Waals surface area contributed by atoms with Gasteiger partial charge in [-0.2, -0.15) is 10.2 Å². The summed E-state index contributed by atoms with van der Waals surface area (Å²) in [4.78, 5) is 33.5. The number of carbonyl (C=O) groups excluding carboxylic acids is 2. The number of halogens is 3. The van der Waals surface area contributed by atoms with Crippen molar-refractivity contribution in [1.82, 2.24) is 29.4 Å². The number of fused-ring (bicyclic) bond motifs is 1. The lowest BCUT2D eigenvalue weighted by molar-refractivity contribution is 0.102. The van der Waals surface area contributed by atoms with E-state index in [1.54, 1.807) is 13.0 Å². The van der Waals surface area contributed by atoms with Gasteiger partial charge in [-0.3, -0.25) is 9.48 Å². The Hall–Kier alpha value is -3.81. The van der Waals surface area contributed by atoms with E-state index in [1.165, 1.54) is 47.2 Å². The number of alkyl halides is 1. The fourth-order valence-electron chi connectivity index (χ4n) is 3.31.